The molecule has 1 aliphatic rings. The van der Waals surface area contributed by atoms with E-state index in [4.69, 9.17) is 4.74 Å². The zero-order valence-electron chi connectivity index (χ0n) is 12.5. The summed E-state index contributed by atoms with van der Waals surface area (Å²) in [5, 5.41) is 4.15. The number of amides is 1. The van der Waals surface area contributed by atoms with Gasteiger partial charge < -0.3 is 4.74 Å². The molecular weight excluding hydrogens is 282 g/mol. The topological polar surface area (TPSA) is 64.2 Å². The van der Waals surface area contributed by atoms with Crippen molar-refractivity contribution in [3.63, 3.8) is 0 Å². The van der Waals surface area contributed by atoms with Crippen LogP contribution >= 0.6 is 0 Å². The quantitative estimate of drug-likeness (QED) is 0.815. The molecule has 22 heavy (non-hydrogen) atoms. The number of aromatic nitrogens is 2. The second-order valence-electron chi connectivity index (χ2n) is 5.39. The summed E-state index contributed by atoms with van der Waals surface area (Å²) in [6.45, 7) is 4.23. The summed E-state index contributed by atoms with van der Waals surface area (Å²) < 4.78 is 6.56. The molecule has 0 N–H and O–H groups in total. The summed E-state index contributed by atoms with van der Waals surface area (Å²) in [5.41, 5.74) is 2.47. The van der Waals surface area contributed by atoms with Gasteiger partial charge in [-0.1, -0.05) is 30.3 Å². The standard InChI is InChI=1S/C16H17N3O3/c1-11-8-12(2)19(17-11)15(20)14-9-18(14)16(21)22-10-13-6-4-3-5-7-13/h3-8,14H,9-10H2,1-2H3. The Morgan fingerprint density at radius 1 is 1.27 bits per heavy atom. The molecule has 1 unspecified atom stereocenters. The number of nitrogens with zero attached hydrogens (tertiary/aromatic N) is 3. The molecule has 2 heterocycles. The largest absolute Gasteiger partial charge is 0.445 e. The van der Waals surface area contributed by atoms with Crippen LogP contribution in [-0.2, 0) is 11.3 Å². The lowest BCUT2D eigenvalue weighted by Gasteiger charge is -2.07. The van der Waals surface area contributed by atoms with Crippen molar-refractivity contribution in [2.45, 2.75) is 26.5 Å². The van der Waals surface area contributed by atoms with Crippen molar-refractivity contribution >= 4 is 12.0 Å². The zero-order valence-corrected chi connectivity index (χ0v) is 12.5. The molecule has 1 aliphatic heterocycles. The molecule has 0 saturated carbocycles. The Hall–Kier alpha value is -2.63. The third-order valence-corrected chi connectivity index (χ3v) is 3.56. The third kappa shape index (κ3) is 2.86. The van der Waals surface area contributed by atoms with Gasteiger partial charge in [-0.15, -0.1) is 0 Å². The van der Waals surface area contributed by atoms with E-state index >= 15 is 0 Å². The Morgan fingerprint density at radius 2 is 2.00 bits per heavy atom. The van der Waals surface area contributed by atoms with Crippen LogP contribution in [0.2, 0.25) is 0 Å². The van der Waals surface area contributed by atoms with Gasteiger partial charge in [0.2, 0.25) is 0 Å². The molecule has 1 amide bonds. The molecule has 0 bridgehead atoms. The Morgan fingerprint density at radius 3 is 2.64 bits per heavy atom. The highest BCUT2D eigenvalue weighted by Crippen LogP contribution is 2.22. The van der Waals surface area contributed by atoms with Crippen LogP contribution in [0, 0.1) is 13.8 Å². The van der Waals surface area contributed by atoms with Gasteiger partial charge in [0.25, 0.3) is 5.91 Å². The van der Waals surface area contributed by atoms with E-state index in [9.17, 15) is 9.59 Å². The molecule has 1 atom stereocenters. The number of aryl methyl sites for hydroxylation is 2. The summed E-state index contributed by atoms with van der Waals surface area (Å²) in [6.07, 6.45) is -0.469. The molecular formula is C16H17N3O3. The minimum absolute atomic E-state index is 0.192. The van der Waals surface area contributed by atoms with Gasteiger partial charge in [-0.3, -0.25) is 9.69 Å². The summed E-state index contributed by atoms with van der Waals surface area (Å²) in [5.74, 6) is -0.192. The van der Waals surface area contributed by atoms with E-state index in [1.165, 1.54) is 9.58 Å². The van der Waals surface area contributed by atoms with Gasteiger partial charge in [0.15, 0.2) is 0 Å². The van der Waals surface area contributed by atoms with E-state index in [0.29, 0.717) is 6.54 Å². The average Bonchev–Trinajstić information content (AvgIpc) is 3.24. The highest BCUT2D eigenvalue weighted by molar-refractivity contribution is 5.92. The van der Waals surface area contributed by atoms with Crippen molar-refractivity contribution in [2.24, 2.45) is 0 Å². The Balaban J connectivity index is 1.56. The number of hydrogen-bond donors (Lipinski definition) is 0. The van der Waals surface area contributed by atoms with Crippen LogP contribution in [0.3, 0.4) is 0 Å². The van der Waals surface area contributed by atoms with Crippen LogP contribution in [0.4, 0.5) is 4.79 Å². The van der Waals surface area contributed by atoms with Gasteiger partial charge >= 0.3 is 6.09 Å². The van der Waals surface area contributed by atoms with Gasteiger partial charge in [0, 0.05) is 5.69 Å². The molecule has 1 aromatic heterocycles. The molecule has 1 fully saturated rings. The highest BCUT2D eigenvalue weighted by atomic mass is 16.6. The maximum Gasteiger partial charge on any atom is 0.410 e. The van der Waals surface area contributed by atoms with E-state index < -0.39 is 12.1 Å². The molecule has 0 aliphatic carbocycles. The van der Waals surface area contributed by atoms with Gasteiger partial charge in [0.1, 0.15) is 12.6 Å². The van der Waals surface area contributed by atoms with Crippen molar-refractivity contribution < 1.29 is 14.3 Å². The average molecular weight is 299 g/mol. The van der Waals surface area contributed by atoms with E-state index in [1.54, 1.807) is 0 Å². The van der Waals surface area contributed by atoms with E-state index in [-0.39, 0.29) is 12.5 Å². The molecule has 6 heteroatoms. The summed E-state index contributed by atoms with van der Waals surface area (Å²) >= 11 is 0. The molecule has 1 saturated heterocycles. The molecule has 2 aromatic rings. The van der Waals surface area contributed by atoms with E-state index in [1.807, 2.05) is 50.2 Å². The third-order valence-electron chi connectivity index (χ3n) is 3.56. The number of benzene rings is 1. The number of carbonyl (C=O) groups is 2. The minimum Gasteiger partial charge on any atom is -0.445 e. The van der Waals surface area contributed by atoms with E-state index in [0.717, 1.165) is 17.0 Å². The maximum atomic E-state index is 12.3. The van der Waals surface area contributed by atoms with Crippen LogP contribution in [0.5, 0.6) is 0 Å². The lowest BCUT2D eigenvalue weighted by molar-refractivity contribution is 0.0850. The number of carbonyl (C=O) groups excluding carboxylic acids is 2. The molecule has 0 radical (unpaired) electrons. The fourth-order valence-corrected chi connectivity index (χ4v) is 2.35. The van der Waals surface area contributed by atoms with Crippen molar-refractivity contribution in [3.05, 3.63) is 53.3 Å². The first-order valence-electron chi connectivity index (χ1n) is 7.11. The summed E-state index contributed by atoms with van der Waals surface area (Å²) in [6, 6.07) is 10.8. The highest BCUT2D eigenvalue weighted by Gasteiger charge is 2.46. The van der Waals surface area contributed by atoms with E-state index in [2.05, 4.69) is 5.10 Å². The predicted molar refractivity (Wildman–Crippen MR) is 79.4 cm³/mol. The van der Waals surface area contributed by atoms with Gasteiger partial charge in [-0.2, -0.15) is 5.10 Å². The maximum absolute atomic E-state index is 12.3. The van der Waals surface area contributed by atoms with Gasteiger partial charge in [-0.25, -0.2) is 9.48 Å². The Labute approximate surface area is 128 Å². The second-order valence-corrected chi connectivity index (χ2v) is 5.39. The monoisotopic (exact) mass is 299 g/mol. The SMILES string of the molecule is Cc1cc(C)n(C(=O)C2CN2C(=O)OCc2ccccc2)n1. The Kier molecular flexibility index (Phi) is 3.66. The molecule has 6 nitrogen and oxygen atoms in total. The summed E-state index contributed by atoms with van der Waals surface area (Å²) in [7, 11) is 0. The first kappa shape index (κ1) is 14.3. The number of ether oxygens (including phenoxy) is 1. The lowest BCUT2D eigenvalue weighted by Crippen LogP contribution is -2.25. The smallest absolute Gasteiger partial charge is 0.410 e. The first-order chi connectivity index (χ1) is 10.6. The molecule has 114 valence electrons. The minimum atomic E-state index is -0.471. The van der Waals surface area contributed by atoms with Crippen LogP contribution in [-0.4, -0.2) is 39.3 Å². The van der Waals surface area contributed by atoms with Gasteiger partial charge in [0.05, 0.1) is 12.2 Å². The fraction of sp³-hybridized carbons (Fsp3) is 0.312. The normalized spacial score (nSPS) is 16.5. The molecule has 1 aromatic carbocycles. The van der Waals surface area contributed by atoms with Crippen LogP contribution in [0.25, 0.3) is 0 Å². The number of rotatable bonds is 3. The fourth-order valence-electron chi connectivity index (χ4n) is 2.35. The first-order valence-corrected chi connectivity index (χ1v) is 7.11. The second kappa shape index (κ2) is 5.63. The molecule has 0 spiro atoms. The van der Waals surface area contributed by atoms with Crippen molar-refractivity contribution in [1.82, 2.24) is 14.7 Å². The van der Waals surface area contributed by atoms with Crippen molar-refractivity contribution in [3.8, 4) is 0 Å². The summed E-state index contributed by atoms with van der Waals surface area (Å²) in [4.78, 5) is 25.6. The Bertz CT molecular complexity index is 709. The number of hydrogen-bond acceptors (Lipinski definition) is 4. The van der Waals surface area contributed by atoms with Crippen LogP contribution in [0.15, 0.2) is 36.4 Å². The van der Waals surface area contributed by atoms with Crippen molar-refractivity contribution in [2.75, 3.05) is 6.54 Å². The van der Waals surface area contributed by atoms with Gasteiger partial charge in [-0.05, 0) is 25.5 Å². The lowest BCUT2D eigenvalue weighted by atomic mass is 10.2. The van der Waals surface area contributed by atoms with Crippen LogP contribution in [0.1, 0.15) is 21.7 Å². The molecule has 3 rings (SSSR count). The zero-order chi connectivity index (χ0) is 15.7. The van der Waals surface area contributed by atoms with Crippen LogP contribution < -0.4 is 0 Å². The van der Waals surface area contributed by atoms with Crippen molar-refractivity contribution in [1.29, 1.82) is 0 Å². The predicted octanol–water partition coefficient (Wildman–Crippen LogP) is 2.16.